The molecule has 2 aromatic heterocycles. The van der Waals surface area contributed by atoms with Crippen molar-refractivity contribution in [2.45, 2.75) is 46.6 Å². The van der Waals surface area contributed by atoms with Gasteiger partial charge in [-0.15, -0.1) is 11.3 Å². The lowest BCUT2D eigenvalue weighted by Crippen LogP contribution is -2.07. The van der Waals surface area contributed by atoms with Gasteiger partial charge in [-0.1, -0.05) is 13.8 Å². The third kappa shape index (κ3) is 3.47. The third-order valence-electron chi connectivity index (χ3n) is 4.06. The van der Waals surface area contributed by atoms with Gasteiger partial charge in [0.2, 0.25) is 0 Å². The van der Waals surface area contributed by atoms with Crippen LogP contribution in [0.1, 0.15) is 44.9 Å². The van der Waals surface area contributed by atoms with Crippen LogP contribution in [0.15, 0.2) is 23.6 Å². The molecule has 0 spiro atoms. The van der Waals surface area contributed by atoms with Gasteiger partial charge in [0.05, 0.1) is 24.4 Å². The first-order chi connectivity index (χ1) is 11.9. The van der Waals surface area contributed by atoms with Crippen LogP contribution >= 0.6 is 11.3 Å². The number of hydrogen-bond acceptors (Lipinski definition) is 5. The van der Waals surface area contributed by atoms with E-state index in [0.717, 1.165) is 44.4 Å². The Morgan fingerprint density at radius 1 is 1.04 bits per heavy atom. The zero-order valence-corrected chi connectivity index (χ0v) is 16.4. The zero-order chi connectivity index (χ0) is 18.1. The van der Waals surface area contributed by atoms with E-state index in [1.165, 1.54) is 0 Å². The number of nitrogens with zero attached hydrogens (tertiary/aromatic N) is 2. The summed E-state index contributed by atoms with van der Waals surface area (Å²) in [6.45, 7) is 10.4. The van der Waals surface area contributed by atoms with E-state index in [2.05, 4.69) is 19.2 Å². The molecule has 0 saturated heterocycles. The number of rotatable bonds is 5. The molecule has 3 rings (SSSR count). The Morgan fingerprint density at radius 3 is 2.40 bits per heavy atom. The molecule has 5 heteroatoms. The molecule has 1 aromatic carbocycles. The number of fused-ring (bicyclic) bond motifs is 1. The molecule has 0 fully saturated rings. The van der Waals surface area contributed by atoms with Crippen LogP contribution in [0.3, 0.4) is 0 Å². The van der Waals surface area contributed by atoms with Gasteiger partial charge in [-0.25, -0.2) is 9.97 Å². The minimum Gasteiger partial charge on any atom is -0.496 e. The molecule has 0 radical (unpaired) electrons. The molecule has 4 nitrogen and oxygen atoms in total. The summed E-state index contributed by atoms with van der Waals surface area (Å²) in [6, 6.07) is 5.97. The Balaban J connectivity index is 2.22. The maximum atomic E-state index is 6.07. The van der Waals surface area contributed by atoms with E-state index in [1.807, 2.05) is 39.0 Å². The van der Waals surface area contributed by atoms with Gasteiger partial charge in [-0.3, -0.25) is 0 Å². The van der Waals surface area contributed by atoms with Crippen molar-refractivity contribution in [2.75, 3.05) is 7.11 Å². The van der Waals surface area contributed by atoms with Gasteiger partial charge in [0.25, 0.3) is 0 Å². The molecular formula is C20H24N2O2S. The van der Waals surface area contributed by atoms with Crippen LogP contribution in [0.25, 0.3) is 21.6 Å². The summed E-state index contributed by atoms with van der Waals surface area (Å²) in [4.78, 5) is 9.63. The molecule has 0 unspecified atom stereocenters. The van der Waals surface area contributed by atoms with Gasteiger partial charge >= 0.3 is 0 Å². The molecule has 0 aliphatic heterocycles. The van der Waals surface area contributed by atoms with E-state index < -0.39 is 0 Å². The fourth-order valence-corrected chi connectivity index (χ4v) is 3.67. The van der Waals surface area contributed by atoms with Crippen molar-refractivity contribution in [1.82, 2.24) is 9.97 Å². The predicted molar refractivity (Wildman–Crippen MR) is 104 cm³/mol. The van der Waals surface area contributed by atoms with Crippen LogP contribution in [-0.2, 0) is 0 Å². The monoisotopic (exact) mass is 356 g/mol. The largest absolute Gasteiger partial charge is 0.496 e. The second-order valence-electron chi connectivity index (χ2n) is 6.69. The van der Waals surface area contributed by atoms with Crippen LogP contribution in [0.4, 0.5) is 0 Å². The van der Waals surface area contributed by atoms with E-state index in [1.54, 1.807) is 18.4 Å². The van der Waals surface area contributed by atoms with Crippen LogP contribution in [-0.4, -0.2) is 23.2 Å². The number of hydrogen-bond donors (Lipinski definition) is 0. The Labute approximate surface area is 152 Å². The average molecular weight is 356 g/mol. The lowest BCUT2D eigenvalue weighted by molar-refractivity contribution is 0.245. The maximum Gasteiger partial charge on any atom is 0.142 e. The first kappa shape index (κ1) is 17.7. The van der Waals surface area contributed by atoms with E-state index in [-0.39, 0.29) is 6.10 Å². The Kier molecular flexibility index (Phi) is 4.95. The fourth-order valence-electron chi connectivity index (χ4n) is 2.73. The second kappa shape index (κ2) is 7.00. The average Bonchev–Trinajstić information content (AvgIpc) is 3.05. The molecule has 0 aliphatic carbocycles. The minimum absolute atomic E-state index is 0.0865. The van der Waals surface area contributed by atoms with Crippen molar-refractivity contribution in [2.24, 2.45) is 0 Å². The van der Waals surface area contributed by atoms with Crippen molar-refractivity contribution in [3.63, 3.8) is 0 Å². The molecule has 0 saturated carbocycles. The van der Waals surface area contributed by atoms with Gasteiger partial charge < -0.3 is 9.47 Å². The summed E-state index contributed by atoms with van der Waals surface area (Å²) in [5.41, 5.74) is 3.84. The standard InChI is InChI=1S/C20H24N2O2S/c1-11(2)16-10-25-20(22-16)15-9-18(24-12(3)4)14-7-8-17(23-6)13(5)19(14)21-15/h7-12H,1-6H3. The molecule has 132 valence electrons. The first-order valence-electron chi connectivity index (χ1n) is 8.51. The summed E-state index contributed by atoms with van der Waals surface area (Å²) in [5, 5.41) is 4.02. The quantitative estimate of drug-likeness (QED) is 0.598. The van der Waals surface area contributed by atoms with E-state index in [4.69, 9.17) is 19.4 Å². The highest BCUT2D eigenvalue weighted by Crippen LogP contribution is 2.36. The van der Waals surface area contributed by atoms with Crippen molar-refractivity contribution in [3.05, 3.63) is 34.8 Å². The molecule has 2 heterocycles. The SMILES string of the molecule is COc1ccc2c(OC(C)C)cc(-c3nc(C(C)C)cs3)nc2c1C. The number of ether oxygens (including phenoxy) is 2. The number of aryl methyl sites for hydroxylation is 1. The lowest BCUT2D eigenvalue weighted by Gasteiger charge is -2.15. The summed E-state index contributed by atoms with van der Waals surface area (Å²) in [5.74, 6) is 2.07. The number of pyridine rings is 1. The Bertz CT molecular complexity index is 900. The summed E-state index contributed by atoms with van der Waals surface area (Å²) in [7, 11) is 1.68. The van der Waals surface area contributed by atoms with Crippen molar-refractivity contribution in [3.8, 4) is 22.2 Å². The van der Waals surface area contributed by atoms with Crippen LogP contribution in [0, 0.1) is 6.92 Å². The zero-order valence-electron chi connectivity index (χ0n) is 15.6. The van der Waals surface area contributed by atoms with Gasteiger partial charge in [0.15, 0.2) is 0 Å². The normalized spacial score (nSPS) is 11.5. The van der Waals surface area contributed by atoms with Crippen molar-refractivity contribution < 1.29 is 9.47 Å². The Hall–Kier alpha value is -2.14. The van der Waals surface area contributed by atoms with Crippen LogP contribution < -0.4 is 9.47 Å². The molecule has 3 aromatic rings. The molecule has 0 atom stereocenters. The van der Waals surface area contributed by atoms with Crippen LogP contribution in [0.5, 0.6) is 11.5 Å². The van der Waals surface area contributed by atoms with Crippen LogP contribution in [0.2, 0.25) is 0 Å². The van der Waals surface area contributed by atoms with Gasteiger partial charge in [-0.05, 0) is 38.8 Å². The summed E-state index contributed by atoms with van der Waals surface area (Å²) in [6.07, 6.45) is 0.0865. The van der Waals surface area contributed by atoms with Crippen molar-refractivity contribution in [1.29, 1.82) is 0 Å². The number of benzene rings is 1. The number of aromatic nitrogens is 2. The molecule has 0 amide bonds. The second-order valence-corrected chi connectivity index (χ2v) is 7.55. The fraction of sp³-hybridized carbons (Fsp3) is 0.400. The smallest absolute Gasteiger partial charge is 0.142 e. The highest BCUT2D eigenvalue weighted by Gasteiger charge is 2.16. The van der Waals surface area contributed by atoms with Gasteiger partial charge in [0.1, 0.15) is 22.2 Å². The predicted octanol–water partition coefficient (Wildman–Crippen LogP) is 5.59. The summed E-state index contributed by atoms with van der Waals surface area (Å²) < 4.78 is 11.5. The first-order valence-corrected chi connectivity index (χ1v) is 9.39. The molecule has 0 N–H and O–H groups in total. The topological polar surface area (TPSA) is 44.2 Å². The number of methoxy groups -OCH3 is 1. The maximum absolute atomic E-state index is 6.07. The molecule has 25 heavy (non-hydrogen) atoms. The number of thiazole rings is 1. The molecule has 0 aliphatic rings. The minimum atomic E-state index is 0.0865. The van der Waals surface area contributed by atoms with Crippen molar-refractivity contribution >= 4 is 22.2 Å². The molecule has 0 bridgehead atoms. The van der Waals surface area contributed by atoms with E-state index in [9.17, 15) is 0 Å². The summed E-state index contributed by atoms with van der Waals surface area (Å²) >= 11 is 1.62. The highest BCUT2D eigenvalue weighted by atomic mass is 32.1. The van der Waals surface area contributed by atoms with E-state index >= 15 is 0 Å². The van der Waals surface area contributed by atoms with Gasteiger partial charge in [-0.2, -0.15) is 0 Å². The van der Waals surface area contributed by atoms with E-state index in [0.29, 0.717) is 5.92 Å². The molecular weight excluding hydrogens is 332 g/mol. The Morgan fingerprint density at radius 2 is 1.80 bits per heavy atom. The lowest BCUT2D eigenvalue weighted by atomic mass is 10.1. The third-order valence-corrected chi connectivity index (χ3v) is 4.95. The highest BCUT2D eigenvalue weighted by molar-refractivity contribution is 7.13. The van der Waals surface area contributed by atoms with Gasteiger partial charge in [0, 0.05) is 22.4 Å².